The van der Waals surface area contributed by atoms with Crippen molar-refractivity contribution in [2.45, 2.75) is 19.8 Å². The molecule has 0 unspecified atom stereocenters. The summed E-state index contributed by atoms with van der Waals surface area (Å²) in [6.45, 7) is 6.07. The normalized spacial score (nSPS) is 18.5. The fraction of sp³-hybridized carbons (Fsp3) is 0.750. The summed E-state index contributed by atoms with van der Waals surface area (Å²) in [4.78, 5) is 0. The summed E-state index contributed by atoms with van der Waals surface area (Å²) in [7, 11) is 0.743. The van der Waals surface area contributed by atoms with Gasteiger partial charge in [-0.3, -0.25) is 0 Å². The maximum absolute atomic E-state index is 3.93. The van der Waals surface area contributed by atoms with Gasteiger partial charge in [-0.05, 0) is 36.2 Å². The van der Waals surface area contributed by atoms with E-state index in [2.05, 4.69) is 13.5 Å². The van der Waals surface area contributed by atoms with Crippen molar-refractivity contribution < 1.29 is 12.4 Å². The van der Waals surface area contributed by atoms with Crippen molar-refractivity contribution in [2.24, 2.45) is 0 Å². The highest BCUT2D eigenvalue weighted by Crippen LogP contribution is 2.15. The molecule has 1 rings (SSSR count). The standard InChI is InChI=1S/C8H15S.ClH/c1-8(2)7-9-5-3-4-6-9;/h1,3-7H2,2H3;1H/q+1;/p-1. The Kier molecular flexibility index (Phi) is 5.28. The lowest BCUT2D eigenvalue weighted by Crippen LogP contribution is -3.00. The molecule has 0 N–H and O–H groups in total. The van der Waals surface area contributed by atoms with E-state index in [-0.39, 0.29) is 12.4 Å². The first-order valence-electron chi connectivity index (χ1n) is 3.57. The van der Waals surface area contributed by atoms with Crippen LogP contribution in [0.15, 0.2) is 12.2 Å². The van der Waals surface area contributed by atoms with Crippen molar-refractivity contribution >= 4 is 10.9 Å². The summed E-state index contributed by atoms with van der Waals surface area (Å²) >= 11 is 0. The van der Waals surface area contributed by atoms with E-state index in [1.165, 1.54) is 35.7 Å². The quantitative estimate of drug-likeness (QED) is 0.375. The molecule has 0 spiro atoms. The van der Waals surface area contributed by atoms with E-state index >= 15 is 0 Å². The topological polar surface area (TPSA) is 0 Å². The molecule has 0 nitrogen and oxygen atoms in total. The van der Waals surface area contributed by atoms with Crippen LogP contribution < -0.4 is 12.4 Å². The second kappa shape index (κ2) is 5.09. The summed E-state index contributed by atoms with van der Waals surface area (Å²) in [6, 6.07) is 0. The minimum atomic E-state index is 0. The zero-order valence-electron chi connectivity index (χ0n) is 6.53. The van der Waals surface area contributed by atoms with E-state index in [1.807, 2.05) is 0 Å². The minimum Gasteiger partial charge on any atom is -1.00 e. The van der Waals surface area contributed by atoms with Crippen molar-refractivity contribution in [3.8, 4) is 0 Å². The maximum atomic E-state index is 3.93. The van der Waals surface area contributed by atoms with Crippen molar-refractivity contribution in [1.29, 1.82) is 0 Å². The molecular formula is C8H15ClS. The molecule has 0 aromatic heterocycles. The largest absolute Gasteiger partial charge is 1.00 e. The van der Waals surface area contributed by atoms with Gasteiger partial charge in [0.15, 0.2) is 0 Å². The second-order valence-electron chi connectivity index (χ2n) is 2.83. The zero-order chi connectivity index (χ0) is 6.69. The van der Waals surface area contributed by atoms with E-state index in [0.29, 0.717) is 0 Å². The lowest BCUT2D eigenvalue weighted by atomic mass is 10.4. The third kappa shape index (κ3) is 3.52. The van der Waals surface area contributed by atoms with Crippen molar-refractivity contribution in [3.05, 3.63) is 12.2 Å². The predicted molar refractivity (Wildman–Crippen MR) is 46.0 cm³/mol. The summed E-state index contributed by atoms with van der Waals surface area (Å²) in [5.41, 5.74) is 1.38. The van der Waals surface area contributed by atoms with Crippen LogP contribution in [-0.4, -0.2) is 17.3 Å². The number of rotatable bonds is 2. The Morgan fingerprint density at radius 3 is 2.30 bits per heavy atom. The molecule has 0 atom stereocenters. The zero-order valence-corrected chi connectivity index (χ0v) is 8.10. The highest BCUT2D eigenvalue weighted by atomic mass is 35.5. The molecule has 1 aliphatic heterocycles. The Hall–Kier alpha value is 0.380. The number of hydrogen-bond acceptors (Lipinski definition) is 0. The third-order valence-electron chi connectivity index (χ3n) is 1.57. The number of hydrogen-bond donors (Lipinski definition) is 0. The van der Waals surface area contributed by atoms with Gasteiger partial charge < -0.3 is 12.4 Å². The van der Waals surface area contributed by atoms with E-state index in [9.17, 15) is 0 Å². The first-order chi connectivity index (χ1) is 4.29. The third-order valence-corrected chi connectivity index (χ3v) is 4.20. The van der Waals surface area contributed by atoms with E-state index in [0.717, 1.165) is 10.9 Å². The molecular weight excluding hydrogens is 164 g/mol. The Morgan fingerprint density at radius 1 is 1.40 bits per heavy atom. The molecule has 1 aliphatic rings. The smallest absolute Gasteiger partial charge is 0.128 e. The molecule has 0 amide bonds. The van der Waals surface area contributed by atoms with Gasteiger partial charge in [0.05, 0.1) is 0 Å². The summed E-state index contributed by atoms with van der Waals surface area (Å²) in [6.07, 6.45) is 2.94. The van der Waals surface area contributed by atoms with E-state index in [1.54, 1.807) is 0 Å². The average Bonchev–Trinajstić information content (AvgIpc) is 2.15. The molecule has 0 aromatic carbocycles. The molecule has 1 saturated heterocycles. The van der Waals surface area contributed by atoms with E-state index in [4.69, 9.17) is 0 Å². The lowest BCUT2D eigenvalue weighted by Gasteiger charge is -1.97. The van der Waals surface area contributed by atoms with Crippen LogP contribution in [0.2, 0.25) is 0 Å². The van der Waals surface area contributed by atoms with E-state index < -0.39 is 0 Å². The van der Waals surface area contributed by atoms with Crippen LogP contribution in [-0.2, 0) is 10.9 Å². The van der Waals surface area contributed by atoms with Crippen molar-refractivity contribution in [2.75, 3.05) is 17.3 Å². The summed E-state index contributed by atoms with van der Waals surface area (Å²) < 4.78 is 0. The molecule has 0 bridgehead atoms. The van der Waals surface area contributed by atoms with Gasteiger partial charge in [-0.15, -0.1) is 0 Å². The molecule has 0 saturated carbocycles. The summed E-state index contributed by atoms with van der Waals surface area (Å²) in [5, 5.41) is 0. The molecule has 0 radical (unpaired) electrons. The first kappa shape index (κ1) is 10.4. The van der Waals surface area contributed by atoms with Gasteiger partial charge in [-0.25, -0.2) is 0 Å². The Labute approximate surface area is 72.8 Å². The molecule has 0 aliphatic carbocycles. The fourth-order valence-electron chi connectivity index (χ4n) is 1.21. The molecule has 10 heavy (non-hydrogen) atoms. The van der Waals surface area contributed by atoms with Gasteiger partial charge in [-0.1, -0.05) is 6.58 Å². The average molecular weight is 179 g/mol. The van der Waals surface area contributed by atoms with Gasteiger partial charge in [0.1, 0.15) is 17.3 Å². The van der Waals surface area contributed by atoms with Crippen LogP contribution in [0.1, 0.15) is 19.8 Å². The Morgan fingerprint density at radius 2 is 1.90 bits per heavy atom. The molecule has 1 fully saturated rings. The van der Waals surface area contributed by atoms with Gasteiger partial charge in [0.2, 0.25) is 0 Å². The second-order valence-corrected chi connectivity index (χ2v) is 5.16. The fourth-order valence-corrected chi connectivity index (χ4v) is 3.62. The lowest BCUT2D eigenvalue weighted by molar-refractivity contribution is -0.00000203. The van der Waals surface area contributed by atoms with Gasteiger partial charge in [0, 0.05) is 0 Å². The predicted octanol–water partition coefficient (Wildman–Crippen LogP) is -1.02. The Balaban J connectivity index is 0.000000810. The monoisotopic (exact) mass is 178 g/mol. The summed E-state index contributed by atoms with van der Waals surface area (Å²) in [5.74, 6) is 4.26. The van der Waals surface area contributed by atoms with Gasteiger partial charge in [-0.2, -0.15) is 0 Å². The molecule has 60 valence electrons. The highest BCUT2D eigenvalue weighted by Gasteiger charge is 2.22. The molecule has 0 aromatic rings. The SMILES string of the molecule is C=C(C)C[S+]1CCCC1.[Cl-]. The first-order valence-corrected chi connectivity index (χ1v) is 5.31. The van der Waals surface area contributed by atoms with Crippen LogP contribution in [0.25, 0.3) is 0 Å². The van der Waals surface area contributed by atoms with Crippen molar-refractivity contribution in [1.82, 2.24) is 0 Å². The van der Waals surface area contributed by atoms with Crippen molar-refractivity contribution in [3.63, 3.8) is 0 Å². The molecule has 1 heterocycles. The van der Waals surface area contributed by atoms with Gasteiger partial charge >= 0.3 is 0 Å². The van der Waals surface area contributed by atoms with Crippen LogP contribution in [0.3, 0.4) is 0 Å². The minimum absolute atomic E-state index is 0. The van der Waals surface area contributed by atoms with Crippen LogP contribution in [0, 0.1) is 0 Å². The van der Waals surface area contributed by atoms with Crippen LogP contribution >= 0.6 is 0 Å². The van der Waals surface area contributed by atoms with Crippen LogP contribution in [0.4, 0.5) is 0 Å². The Bertz CT molecular complexity index is 106. The molecule has 2 heteroatoms. The van der Waals surface area contributed by atoms with Crippen LogP contribution in [0.5, 0.6) is 0 Å². The highest BCUT2D eigenvalue weighted by molar-refractivity contribution is 7.97. The van der Waals surface area contributed by atoms with Gasteiger partial charge in [0.25, 0.3) is 0 Å². The maximum Gasteiger partial charge on any atom is 0.128 e. The number of halogens is 1.